The predicted molar refractivity (Wildman–Crippen MR) is 67.9 cm³/mol. The number of carboxylic acids is 1. The molecule has 2 aliphatic rings. The first kappa shape index (κ1) is 12.9. The molecule has 2 rings (SSSR count). The van der Waals surface area contributed by atoms with Gasteiger partial charge in [-0.15, -0.1) is 0 Å². The summed E-state index contributed by atoms with van der Waals surface area (Å²) in [6.07, 6.45) is 4.87. The fourth-order valence-corrected chi connectivity index (χ4v) is 3.31. The fourth-order valence-electron chi connectivity index (χ4n) is 3.31. The third kappa shape index (κ3) is 3.01. The zero-order valence-electron chi connectivity index (χ0n) is 11.3. The number of aliphatic carboxylic acids is 1. The molecule has 0 amide bonds. The van der Waals surface area contributed by atoms with Crippen LogP contribution in [0, 0.1) is 16.7 Å². The standard InChI is InChI=1S/C14H25NO2/c1-13(2,3)7-11(12(16)17)8-15-9-14(10-15)5-4-6-14/h11H,4-10H2,1-3H3,(H,16,17). The summed E-state index contributed by atoms with van der Waals surface area (Å²) in [5.41, 5.74) is 0.701. The van der Waals surface area contributed by atoms with Gasteiger partial charge in [0.2, 0.25) is 0 Å². The minimum Gasteiger partial charge on any atom is -0.481 e. The molecule has 17 heavy (non-hydrogen) atoms. The lowest BCUT2D eigenvalue weighted by Gasteiger charge is -2.56. The van der Waals surface area contributed by atoms with Crippen molar-refractivity contribution in [2.24, 2.45) is 16.7 Å². The van der Waals surface area contributed by atoms with E-state index in [2.05, 4.69) is 25.7 Å². The molecule has 1 heterocycles. The molecule has 1 aliphatic heterocycles. The first-order valence-electron chi connectivity index (χ1n) is 6.75. The lowest BCUT2D eigenvalue weighted by molar-refractivity contribution is -0.146. The Labute approximate surface area is 104 Å². The summed E-state index contributed by atoms with van der Waals surface area (Å²) in [6, 6.07) is 0. The molecule has 1 N–H and O–H groups in total. The maximum Gasteiger partial charge on any atom is 0.307 e. The Morgan fingerprint density at radius 2 is 1.94 bits per heavy atom. The zero-order chi connectivity index (χ0) is 12.7. The van der Waals surface area contributed by atoms with Crippen molar-refractivity contribution >= 4 is 5.97 Å². The van der Waals surface area contributed by atoms with Crippen LogP contribution in [0.25, 0.3) is 0 Å². The first-order valence-corrected chi connectivity index (χ1v) is 6.75. The second-order valence-electron chi connectivity index (χ2n) is 7.32. The van der Waals surface area contributed by atoms with Crippen LogP contribution in [-0.4, -0.2) is 35.6 Å². The molecule has 1 saturated heterocycles. The van der Waals surface area contributed by atoms with E-state index in [-0.39, 0.29) is 11.3 Å². The van der Waals surface area contributed by atoms with Gasteiger partial charge in [-0.25, -0.2) is 0 Å². The van der Waals surface area contributed by atoms with Crippen LogP contribution in [0.4, 0.5) is 0 Å². The van der Waals surface area contributed by atoms with Crippen molar-refractivity contribution in [1.29, 1.82) is 0 Å². The van der Waals surface area contributed by atoms with Gasteiger partial charge in [-0.1, -0.05) is 27.2 Å². The Hall–Kier alpha value is -0.570. The van der Waals surface area contributed by atoms with Gasteiger partial charge >= 0.3 is 5.97 Å². The van der Waals surface area contributed by atoms with Gasteiger partial charge in [0, 0.05) is 19.6 Å². The summed E-state index contributed by atoms with van der Waals surface area (Å²) in [6.45, 7) is 9.38. The van der Waals surface area contributed by atoms with Crippen molar-refractivity contribution in [3.63, 3.8) is 0 Å². The third-order valence-electron chi connectivity index (χ3n) is 4.22. The SMILES string of the molecule is CC(C)(C)CC(CN1CC2(CCC2)C1)C(=O)O. The Morgan fingerprint density at radius 1 is 1.35 bits per heavy atom. The van der Waals surface area contributed by atoms with Crippen LogP contribution in [-0.2, 0) is 4.79 Å². The summed E-state index contributed by atoms with van der Waals surface area (Å²) in [7, 11) is 0. The molecule has 0 aromatic carbocycles. The number of hydrogen-bond donors (Lipinski definition) is 1. The Morgan fingerprint density at radius 3 is 2.29 bits per heavy atom. The molecule has 98 valence electrons. The van der Waals surface area contributed by atoms with E-state index in [0.717, 1.165) is 26.1 Å². The van der Waals surface area contributed by atoms with Crippen LogP contribution in [0.1, 0.15) is 46.5 Å². The van der Waals surface area contributed by atoms with Crippen molar-refractivity contribution in [1.82, 2.24) is 4.90 Å². The molecular weight excluding hydrogens is 214 g/mol. The topological polar surface area (TPSA) is 40.5 Å². The highest BCUT2D eigenvalue weighted by Crippen LogP contribution is 2.48. The van der Waals surface area contributed by atoms with Gasteiger partial charge in [0.25, 0.3) is 0 Å². The van der Waals surface area contributed by atoms with E-state index >= 15 is 0 Å². The molecule has 0 aromatic heterocycles. The summed E-state index contributed by atoms with van der Waals surface area (Å²) in [5.74, 6) is -0.832. The monoisotopic (exact) mass is 239 g/mol. The molecule has 0 radical (unpaired) electrons. The van der Waals surface area contributed by atoms with E-state index in [0.29, 0.717) is 5.41 Å². The Balaban J connectivity index is 1.80. The van der Waals surface area contributed by atoms with Crippen molar-refractivity contribution in [3.05, 3.63) is 0 Å². The first-order chi connectivity index (χ1) is 7.80. The van der Waals surface area contributed by atoms with E-state index < -0.39 is 5.97 Å². The largest absolute Gasteiger partial charge is 0.481 e. The average Bonchev–Trinajstić information content (AvgIpc) is 2.02. The molecule has 0 aromatic rings. The number of rotatable bonds is 4. The second kappa shape index (κ2) is 4.27. The molecule has 0 bridgehead atoms. The second-order valence-corrected chi connectivity index (χ2v) is 7.32. The quantitative estimate of drug-likeness (QED) is 0.820. The molecule has 1 unspecified atom stereocenters. The Bertz CT molecular complexity index is 294. The molecule has 3 heteroatoms. The highest BCUT2D eigenvalue weighted by molar-refractivity contribution is 5.70. The smallest absolute Gasteiger partial charge is 0.307 e. The zero-order valence-corrected chi connectivity index (χ0v) is 11.3. The van der Waals surface area contributed by atoms with Crippen LogP contribution < -0.4 is 0 Å². The average molecular weight is 239 g/mol. The van der Waals surface area contributed by atoms with Crippen molar-refractivity contribution in [3.8, 4) is 0 Å². The number of hydrogen-bond acceptors (Lipinski definition) is 2. The summed E-state index contributed by atoms with van der Waals surface area (Å²) in [5, 5.41) is 9.28. The van der Waals surface area contributed by atoms with Crippen LogP contribution in [0.2, 0.25) is 0 Å². The van der Waals surface area contributed by atoms with Gasteiger partial charge in [-0.2, -0.15) is 0 Å². The van der Waals surface area contributed by atoms with Gasteiger partial charge in [0.05, 0.1) is 5.92 Å². The molecule has 1 saturated carbocycles. The predicted octanol–water partition coefficient (Wildman–Crippen LogP) is 2.61. The van der Waals surface area contributed by atoms with Crippen LogP contribution in [0.15, 0.2) is 0 Å². The minimum absolute atomic E-state index is 0.0993. The van der Waals surface area contributed by atoms with E-state index in [4.69, 9.17) is 0 Å². The van der Waals surface area contributed by atoms with Gasteiger partial charge in [0.15, 0.2) is 0 Å². The molecular formula is C14H25NO2. The normalized spacial score (nSPS) is 25.1. The van der Waals surface area contributed by atoms with E-state index in [1.807, 2.05) is 0 Å². The fraction of sp³-hybridized carbons (Fsp3) is 0.929. The highest BCUT2D eigenvalue weighted by atomic mass is 16.4. The van der Waals surface area contributed by atoms with Gasteiger partial charge in [-0.3, -0.25) is 4.79 Å². The van der Waals surface area contributed by atoms with Crippen molar-refractivity contribution < 1.29 is 9.90 Å². The van der Waals surface area contributed by atoms with Gasteiger partial charge in [-0.05, 0) is 30.1 Å². The van der Waals surface area contributed by atoms with Gasteiger partial charge < -0.3 is 10.0 Å². The number of carboxylic acid groups (broad SMARTS) is 1. The van der Waals surface area contributed by atoms with Crippen LogP contribution in [0.5, 0.6) is 0 Å². The van der Waals surface area contributed by atoms with Crippen molar-refractivity contribution in [2.75, 3.05) is 19.6 Å². The van der Waals surface area contributed by atoms with Crippen molar-refractivity contribution in [2.45, 2.75) is 46.5 Å². The lowest BCUT2D eigenvalue weighted by Crippen LogP contribution is -2.60. The van der Waals surface area contributed by atoms with Crippen LogP contribution >= 0.6 is 0 Å². The molecule has 2 fully saturated rings. The number of carbonyl (C=O) groups is 1. The summed E-state index contributed by atoms with van der Waals surface area (Å²) < 4.78 is 0. The van der Waals surface area contributed by atoms with E-state index in [1.165, 1.54) is 19.3 Å². The van der Waals surface area contributed by atoms with Crippen LogP contribution in [0.3, 0.4) is 0 Å². The maximum atomic E-state index is 11.3. The van der Waals surface area contributed by atoms with E-state index in [9.17, 15) is 9.90 Å². The third-order valence-corrected chi connectivity index (χ3v) is 4.22. The highest BCUT2D eigenvalue weighted by Gasteiger charge is 2.47. The maximum absolute atomic E-state index is 11.3. The minimum atomic E-state index is -0.630. The summed E-state index contributed by atoms with van der Waals surface area (Å²) in [4.78, 5) is 13.6. The summed E-state index contributed by atoms with van der Waals surface area (Å²) >= 11 is 0. The Kier molecular flexibility index (Phi) is 3.23. The molecule has 3 nitrogen and oxygen atoms in total. The molecule has 1 atom stereocenters. The molecule has 1 spiro atoms. The van der Waals surface area contributed by atoms with E-state index in [1.54, 1.807) is 0 Å². The number of nitrogens with zero attached hydrogens (tertiary/aromatic N) is 1. The molecule has 1 aliphatic carbocycles. The van der Waals surface area contributed by atoms with Gasteiger partial charge in [0.1, 0.15) is 0 Å². The lowest BCUT2D eigenvalue weighted by atomic mass is 9.63. The number of likely N-dealkylation sites (tertiary alicyclic amines) is 1.